The second-order valence-electron chi connectivity index (χ2n) is 5.97. The maximum atomic E-state index is 5.64. The molecule has 1 aliphatic heterocycles. The van der Waals surface area contributed by atoms with E-state index in [4.69, 9.17) is 9.47 Å². The average molecular weight is 234 g/mol. The summed E-state index contributed by atoms with van der Waals surface area (Å²) in [5.74, 6) is 0. The lowest BCUT2D eigenvalue weighted by Crippen LogP contribution is -2.48. The molecule has 0 aliphatic carbocycles. The smallest absolute Gasteiger partial charge is 0.139 e. The normalized spacial score (nSPS) is 18.9. The Morgan fingerprint density at radius 1 is 1.24 bits per heavy atom. The number of ether oxygens (including phenoxy) is 2. The van der Waals surface area contributed by atoms with Crippen LogP contribution in [-0.4, -0.2) is 20.3 Å². The minimum Gasteiger partial charge on any atom is -0.375 e. The highest BCUT2D eigenvalue weighted by molar-refractivity contribution is 5.39. The van der Waals surface area contributed by atoms with Gasteiger partial charge in [0.2, 0.25) is 0 Å². The highest BCUT2D eigenvalue weighted by atomic mass is 16.6. The van der Waals surface area contributed by atoms with E-state index in [0.717, 1.165) is 0 Å². The number of hydrogen-bond acceptors (Lipinski definition) is 2. The van der Waals surface area contributed by atoms with Gasteiger partial charge in [-0.1, -0.05) is 39.0 Å². The fraction of sp³-hybridized carbons (Fsp3) is 0.600. The summed E-state index contributed by atoms with van der Waals surface area (Å²) in [5, 5.41) is 0. The van der Waals surface area contributed by atoms with Crippen LogP contribution < -0.4 is 0 Å². The first-order valence-electron chi connectivity index (χ1n) is 6.13. The van der Waals surface area contributed by atoms with E-state index in [-0.39, 0.29) is 11.0 Å². The van der Waals surface area contributed by atoms with E-state index in [1.54, 1.807) is 7.11 Å². The van der Waals surface area contributed by atoms with E-state index in [1.165, 1.54) is 16.7 Å². The molecule has 0 spiro atoms. The molecule has 2 nitrogen and oxygen atoms in total. The van der Waals surface area contributed by atoms with Gasteiger partial charge in [0.05, 0.1) is 13.2 Å². The van der Waals surface area contributed by atoms with Crippen molar-refractivity contribution in [2.45, 2.75) is 38.7 Å². The quantitative estimate of drug-likeness (QED) is 0.782. The molecule has 0 amide bonds. The average Bonchev–Trinajstić information content (AvgIpc) is 2.17. The summed E-state index contributed by atoms with van der Waals surface area (Å²) in [4.78, 5) is 0. The predicted octanol–water partition coefficient (Wildman–Crippen LogP) is 3.16. The van der Waals surface area contributed by atoms with E-state index in [9.17, 15) is 0 Å². The van der Waals surface area contributed by atoms with Gasteiger partial charge in [-0.15, -0.1) is 0 Å². The second kappa shape index (κ2) is 4.11. The SMILES string of the molecule is COC1(c2ccc(C(C)(C)C)cc2C)COC1. The van der Waals surface area contributed by atoms with Crippen molar-refractivity contribution in [3.8, 4) is 0 Å². The Labute approximate surface area is 104 Å². The molecule has 0 saturated carbocycles. The first-order chi connectivity index (χ1) is 7.89. The van der Waals surface area contributed by atoms with Gasteiger partial charge >= 0.3 is 0 Å². The van der Waals surface area contributed by atoms with Crippen molar-refractivity contribution in [3.05, 3.63) is 34.9 Å². The second-order valence-corrected chi connectivity index (χ2v) is 5.97. The van der Waals surface area contributed by atoms with Gasteiger partial charge in [0, 0.05) is 7.11 Å². The zero-order valence-electron chi connectivity index (χ0n) is 11.5. The summed E-state index contributed by atoms with van der Waals surface area (Å²) in [5.41, 5.74) is 3.91. The Balaban J connectivity index is 2.38. The van der Waals surface area contributed by atoms with E-state index >= 15 is 0 Å². The van der Waals surface area contributed by atoms with Gasteiger partial charge in [-0.2, -0.15) is 0 Å². The van der Waals surface area contributed by atoms with E-state index in [2.05, 4.69) is 45.9 Å². The monoisotopic (exact) mass is 234 g/mol. The molecule has 0 unspecified atom stereocenters. The zero-order valence-corrected chi connectivity index (χ0v) is 11.5. The Morgan fingerprint density at radius 2 is 1.88 bits per heavy atom. The van der Waals surface area contributed by atoms with Crippen molar-refractivity contribution in [2.24, 2.45) is 0 Å². The number of rotatable bonds is 2. The number of aryl methyl sites for hydroxylation is 1. The van der Waals surface area contributed by atoms with Gasteiger partial charge < -0.3 is 9.47 Å². The van der Waals surface area contributed by atoms with Gasteiger partial charge in [0.25, 0.3) is 0 Å². The standard InChI is InChI=1S/C15H22O2/c1-11-8-12(14(2,3)4)6-7-13(11)15(16-5)9-17-10-15/h6-8H,9-10H2,1-5H3. The van der Waals surface area contributed by atoms with Crippen LogP contribution in [0, 0.1) is 6.92 Å². The fourth-order valence-electron chi connectivity index (χ4n) is 2.31. The molecule has 0 radical (unpaired) electrons. The van der Waals surface area contributed by atoms with Crippen molar-refractivity contribution in [1.29, 1.82) is 0 Å². The van der Waals surface area contributed by atoms with Crippen molar-refractivity contribution in [2.75, 3.05) is 20.3 Å². The van der Waals surface area contributed by atoms with Crippen molar-refractivity contribution < 1.29 is 9.47 Å². The Hall–Kier alpha value is -0.860. The van der Waals surface area contributed by atoms with Gasteiger partial charge in [-0.3, -0.25) is 0 Å². The lowest BCUT2D eigenvalue weighted by Gasteiger charge is -2.41. The van der Waals surface area contributed by atoms with Crippen LogP contribution in [0.25, 0.3) is 0 Å². The van der Waals surface area contributed by atoms with Crippen LogP contribution in [0.2, 0.25) is 0 Å². The van der Waals surface area contributed by atoms with Crippen LogP contribution in [0.15, 0.2) is 18.2 Å². The Kier molecular flexibility index (Phi) is 3.04. The summed E-state index contributed by atoms with van der Waals surface area (Å²) < 4.78 is 11.0. The molecular weight excluding hydrogens is 212 g/mol. The molecule has 0 atom stereocenters. The molecule has 94 valence electrons. The Bertz CT molecular complexity index is 406. The van der Waals surface area contributed by atoms with Crippen LogP contribution in [0.1, 0.15) is 37.5 Å². The maximum Gasteiger partial charge on any atom is 0.139 e. The minimum atomic E-state index is -0.208. The molecule has 0 aromatic heterocycles. The summed E-state index contributed by atoms with van der Waals surface area (Å²) in [6, 6.07) is 6.68. The number of benzene rings is 1. The lowest BCUT2D eigenvalue weighted by atomic mass is 9.82. The van der Waals surface area contributed by atoms with E-state index in [1.807, 2.05) is 0 Å². The third kappa shape index (κ3) is 2.12. The summed E-state index contributed by atoms with van der Waals surface area (Å²) in [6.45, 7) is 10.2. The molecule has 1 fully saturated rings. The molecular formula is C15H22O2. The first kappa shape index (κ1) is 12.6. The summed E-state index contributed by atoms with van der Waals surface area (Å²) >= 11 is 0. The van der Waals surface area contributed by atoms with Crippen molar-refractivity contribution in [3.63, 3.8) is 0 Å². The Morgan fingerprint density at radius 3 is 2.24 bits per heavy atom. The molecule has 1 aromatic carbocycles. The molecule has 0 bridgehead atoms. The molecule has 0 N–H and O–H groups in total. The van der Waals surface area contributed by atoms with Crippen LogP contribution in [0.4, 0.5) is 0 Å². The molecule has 2 rings (SSSR count). The topological polar surface area (TPSA) is 18.5 Å². The van der Waals surface area contributed by atoms with Gasteiger partial charge in [-0.05, 0) is 29.0 Å². The molecule has 2 heteroatoms. The molecule has 1 aliphatic rings. The van der Waals surface area contributed by atoms with Crippen molar-refractivity contribution >= 4 is 0 Å². The van der Waals surface area contributed by atoms with E-state index < -0.39 is 0 Å². The largest absolute Gasteiger partial charge is 0.375 e. The van der Waals surface area contributed by atoms with Crippen LogP contribution in [-0.2, 0) is 20.5 Å². The molecule has 1 aromatic rings. The number of methoxy groups -OCH3 is 1. The minimum absolute atomic E-state index is 0.194. The molecule has 1 heterocycles. The van der Waals surface area contributed by atoms with Gasteiger partial charge in [0.15, 0.2) is 0 Å². The summed E-state index contributed by atoms with van der Waals surface area (Å²) in [7, 11) is 1.76. The fourth-order valence-corrected chi connectivity index (χ4v) is 2.31. The zero-order chi connectivity index (χ0) is 12.7. The highest BCUT2D eigenvalue weighted by Gasteiger charge is 2.41. The predicted molar refractivity (Wildman–Crippen MR) is 69.4 cm³/mol. The third-order valence-corrected chi connectivity index (χ3v) is 3.64. The van der Waals surface area contributed by atoms with Crippen LogP contribution in [0.5, 0.6) is 0 Å². The third-order valence-electron chi connectivity index (χ3n) is 3.64. The first-order valence-corrected chi connectivity index (χ1v) is 6.13. The van der Waals surface area contributed by atoms with Crippen LogP contribution in [0.3, 0.4) is 0 Å². The molecule has 17 heavy (non-hydrogen) atoms. The number of hydrogen-bond donors (Lipinski definition) is 0. The van der Waals surface area contributed by atoms with E-state index in [0.29, 0.717) is 13.2 Å². The van der Waals surface area contributed by atoms with Gasteiger partial charge in [0.1, 0.15) is 5.60 Å². The highest BCUT2D eigenvalue weighted by Crippen LogP contribution is 2.36. The lowest BCUT2D eigenvalue weighted by molar-refractivity contribution is -0.202. The van der Waals surface area contributed by atoms with Gasteiger partial charge in [-0.25, -0.2) is 0 Å². The maximum absolute atomic E-state index is 5.64. The summed E-state index contributed by atoms with van der Waals surface area (Å²) in [6.07, 6.45) is 0. The van der Waals surface area contributed by atoms with Crippen molar-refractivity contribution in [1.82, 2.24) is 0 Å². The van der Waals surface area contributed by atoms with Crippen LogP contribution >= 0.6 is 0 Å². The molecule has 1 saturated heterocycles.